The molecule has 0 spiro atoms. The highest BCUT2D eigenvalue weighted by atomic mass is 16.5. The lowest BCUT2D eigenvalue weighted by molar-refractivity contribution is -0.117. The number of hydrogen-bond donors (Lipinski definition) is 2. The normalized spacial score (nSPS) is 21.1. The smallest absolute Gasteiger partial charge is 0.226 e. The van der Waals surface area contributed by atoms with Crippen molar-refractivity contribution < 1.29 is 14.3 Å². The Morgan fingerprint density at radius 1 is 1.17 bits per heavy atom. The Labute approximate surface area is 144 Å². The molecule has 1 aliphatic heterocycles. The molecule has 24 heavy (non-hydrogen) atoms. The number of ether oxygens (including phenoxy) is 2. The number of rotatable bonds is 8. The number of nitrogens with one attached hydrogen (secondary N) is 2. The third-order valence-corrected chi connectivity index (χ3v) is 4.67. The molecule has 1 aliphatic carbocycles. The van der Waals surface area contributed by atoms with E-state index in [4.69, 9.17) is 9.47 Å². The monoisotopic (exact) mass is 332 g/mol. The van der Waals surface area contributed by atoms with Crippen molar-refractivity contribution in [3.05, 3.63) is 24.3 Å². The maximum absolute atomic E-state index is 12.0. The minimum Gasteiger partial charge on any atom is -0.382 e. The van der Waals surface area contributed by atoms with Crippen LogP contribution in [0.5, 0.6) is 0 Å². The van der Waals surface area contributed by atoms with Crippen molar-refractivity contribution in [2.24, 2.45) is 0 Å². The van der Waals surface area contributed by atoms with E-state index in [-0.39, 0.29) is 12.0 Å². The molecule has 5 heteroatoms. The molecule has 1 aromatic carbocycles. The number of hydrogen-bond acceptors (Lipinski definition) is 4. The zero-order valence-electron chi connectivity index (χ0n) is 14.3. The second kappa shape index (κ2) is 9.04. The first-order chi connectivity index (χ1) is 11.8. The molecule has 1 saturated carbocycles. The van der Waals surface area contributed by atoms with Crippen molar-refractivity contribution >= 4 is 17.3 Å². The number of amides is 1. The van der Waals surface area contributed by atoms with Crippen LogP contribution in [0.3, 0.4) is 0 Å². The van der Waals surface area contributed by atoms with Gasteiger partial charge in [0.25, 0.3) is 0 Å². The lowest BCUT2D eigenvalue weighted by Crippen LogP contribution is -2.18. The first-order valence-electron chi connectivity index (χ1n) is 9.15. The van der Waals surface area contributed by atoms with Crippen molar-refractivity contribution in [2.45, 2.75) is 57.1 Å². The molecular formula is C19H28N2O3. The van der Waals surface area contributed by atoms with Gasteiger partial charge in [0.05, 0.1) is 25.7 Å². The average molecular weight is 332 g/mol. The molecule has 1 saturated heterocycles. The lowest BCUT2D eigenvalue weighted by Gasteiger charge is -2.14. The van der Waals surface area contributed by atoms with Crippen molar-refractivity contribution in [3.8, 4) is 0 Å². The van der Waals surface area contributed by atoms with E-state index >= 15 is 0 Å². The summed E-state index contributed by atoms with van der Waals surface area (Å²) in [6, 6.07) is 8.52. The van der Waals surface area contributed by atoms with Crippen LogP contribution in [0.4, 0.5) is 11.4 Å². The molecule has 0 radical (unpaired) electrons. The molecule has 2 aliphatic rings. The first-order valence-corrected chi connectivity index (χ1v) is 9.15. The van der Waals surface area contributed by atoms with Gasteiger partial charge < -0.3 is 20.1 Å². The Hall–Kier alpha value is -1.59. The summed E-state index contributed by atoms with van der Waals surface area (Å²) in [6.07, 6.45) is 7.84. The number of benzene rings is 1. The standard InChI is InChI=1S/C19H28N2O3/c22-19(10-12-23-14-18-9-4-11-24-18)21-17-8-3-7-16(13-17)20-15-5-1-2-6-15/h3,7-8,13,15,18,20H,1-2,4-6,9-12,14H2,(H,21,22)/t18-/m1/s1. The van der Waals surface area contributed by atoms with Gasteiger partial charge in [0.2, 0.25) is 5.91 Å². The summed E-state index contributed by atoms with van der Waals surface area (Å²) in [7, 11) is 0. The molecular weight excluding hydrogens is 304 g/mol. The van der Waals surface area contributed by atoms with E-state index < -0.39 is 0 Å². The summed E-state index contributed by atoms with van der Waals surface area (Å²) in [5.74, 6) is -0.0136. The van der Waals surface area contributed by atoms with Gasteiger partial charge in [-0.3, -0.25) is 4.79 Å². The van der Waals surface area contributed by atoms with E-state index in [1.807, 2.05) is 18.2 Å². The predicted octanol–water partition coefficient (Wildman–Crippen LogP) is 3.57. The zero-order chi connectivity index (χ0) is 16.6. The minimum absolute atomic E-state index is 0.0136. The van der Waals surface area contributed by atoms with Crippen molar-refractivity contribution in [3.63, 3.8) is 0 Å². The largest absolute Gasteiger partial charge is 0.382 e. The van der Waals surface area contributed by atoms with Crippen molar-refractivity contribution in [1.29, 1.82) is 0 Å². The Morgan fingerprint density at radius 3 is 2.79 bits per heavy atom. The fourth-order valence-corrected chi connectivity index (χ4v) is 3.37. The molecule has 2 N–H and O–H groups in total. The van der Waals surface area contributed by atoms with Gasteiger partial charge in [-0.25, -0.2) is 0 Å². The second-order valence-electron chi connectivity index (χ2n) is 6.71. The maximum Gasteiger partial charge on any atom is 0.226 e. The van der Waals surface area contributed by atoms with Crippen LogP contribution >= 0.6 is 0 Å². The van der Waals surface area contributed by atoms with Crippen LogP contribution in [0, 0.1) is 0 Å². The molecule has 0 unspecified atom stereocenters. The Morgan fingerprint density at radius 2 is 2.00 bits per heavy atom. The molecule has 132 valence electrons. The molecule has 3 rings (SSSR count). The van der Waals surface area contributed by atoms with Gasteiger partial charge in [-0.15, -0.1) is 0 Å². The SMILES string of the molecule is O=C(CCOC[C@H]1CCCO1)Nc1cccc(NC2CCCC2)c1. The molecule has 1 atom stereocenters. The van der Waals surface area contributed by atoms with E-state index in [1.165, 1.54) is 25.7 Å². The molecule has 1 heterocycles. The van der Waals surface area contributed by atoms with Gasteiger partial charge in [0, 0.05) is 24.0 Å². The molecule has 5 nitrogen and oxygen atoms in total. The third-order valence-electron chi connectivity index (χ3n) is 4.67. The fraction of sp³-hybridized carbons (Fsp3) is 0.632. The highest BCUT2D eigenvalue weighted by Crippen LogP contribution is 2.23. The summed E-state index contributed by atoms with van der Waals surface area (Å²) in [5, 5.41) is 6.49. The number of anilines is 2. The fourth-order valence-electron chi connectivity index (χ4n) is 3.37. The van der Waals surface area contributed by atoms with Gasteiger partial charge in [-0.1, -0.05) is 18.9 Å². The number of carbonyl (C=O) groups excluding carboxylic acids is 1. The summed E-state index contributed by atoms with van der Waals surface area (Å²) in [6.45, 7) is 1.86. The Balaban J connectivity index is 1.37. The maximum atomic E-state index is 12.0. The summed E-state index contributed by atoms with van der Waals surface area (Å²) >= 11 is 0. The first kappa shape index (κ1) is 17.2. The van der Waals surface area contributed by atoms with E-state index in [2.05, 4.69) is 16.7 Å². The summed E-state index contributed by atoms with van der Waals surface area (Å²) in [5.41, 5.74) is 1.91. The van der Waals surface area contributed by atoms with Crippen LogP contribution in [0.15, 0.2) is 24.3 Å². The molecule has 2 fully saturated rings. The van der Waals surface area contributed by atoms with Gasteiger partial charge in [0.15, 0.2) is 0 Å². The van der Waals surface area contributed by atoms with Gasteiger partial charge in [-0.2, -0.15) is 0 Å². The topological polar surface area (TPSA) is 59.6 Å². The predicted molar refractivity (Wildman–Crippen MR) is 95.4 cm³/mol. The van der Waals surface area contributed by atoms with E-state index in [0.29, 0.717) is 25.7 Å². The zero-order valence-corrected chi connectivity index (χ0v) is 14.3. The van der Waals surface area contributed by atoms with Crippen LogP contribution in [-0.4, -0.2) is 37.9 Å². The quantitative estimate of drug-likeness (QED) is 0.715. The molecule has 1 amide bonds. The highest BCUT2D eigenvalue weighted by Gasteiger charge is 2.16. The van der Waals surface area contributed by atoms with E-state index in [0.717, 1.165) is 30.8 Å². The number of carbonyl (C=O) groups is 1. The summed E-state index contributed by atoms with van der Waals surface area (Å²) < 4.78 is 11.0. The van der Waals surface area contributed by atoms with Crippen LogP contribution in [0.1, 0.15) is 44.9 Å². The van der Waals surface area contributed by atoms with E-state index in [9.17, 15) is 4.79 Å². The van der Waals surface area contributed by atoms with Crippen LogP contribution in [-0.2, 0) is 14.3 Å². The molecule has 0 bridgehead atoms. The average Bonchev–Trinajstić information content (AvgIpc) is 3.25. The lowest BCUT2D eigenvalue weighted by atomic mass is 10.2. The van der Waals surface area contributed by atoms with E-state index in [1.54, 1.807) is 0 Å². The highest BCUT2D eigenvalue weighted by molar-refractivity contribution is 5.91. The third kappa shape index (κ3) is 5.49. The van der Waals surface area contributed by atoms with Gasteiger partial charge in [-0.05, 0) is 43.9 Å². The second-order valence-corrected chi connectivity index (χ2v) is 6.71. The Bertz CT molecular complexity index is 523. The van der Waals surface area contributed by atoms with Crippen molar-refractivity contribution in [1.82, 2.24) is 0 Å². The summed E-state index contributed by atoms with van der Waals surface area (Å²) in [4.78, 5) is 12.0. The van der Waals surface area contributed by atoms with Gasteiger partial charge >= 0.3 is 0 Å². The van der Waals surface area contributed by atoms with Gasteiger partial charge in [0.1, 0.15) is 0 Å². The molecule has 0 aromatic heterocycles. The van der Waals surface area contributed by atoms with Crippen molar-refractivity contribution in [2.75, 3.05) is 30.5 Å². The van der Waals surface area contributed by atoms with Crippen LogP contribution < -0.4 is 10.6 Å². The Kier molecular flexibility index (Phi) is 6.49. The van der Waals surface area contributed by atoms with Crippen LogP contribution in [0.25, 0.3) is 0 Å². The molecule has 1 aromatic rings. The van der Waals surface area contributed by atoms with Crippen LogP contribution in [0.2, 0.25) is 0 Å². The minimum atomic E-state index is -0.0136.